The Labute approximate surface area is 179 Å². The fourth-order valence-corrected chi connectivity index (χ4v) is 4.56. The molecule has 30 heavy (non-hydrogen) atoms. The SMILES string of the molecule is COc1ccc(OC)c(/C=C2\SC(=O)N(CC(=O)N3CCCC[C@@H]3CCO)C2=O)c1. The Morgan fingerprint density at radius 2 is 2.07 bits per heavy atom. The molecular weight excluding hydrogens is 408 g/mol. The summed E-state index contributed by atoms with van der Waals surface area (Å²) in [4.78, 5) is 41.0. The molecule has 0 aromatic heterocycles. The fraction of sp³-hybridized carbons (Fsp3) is 0.476. The highest BCUT2D eigenvalue weighted by molar-refractivity contribution is 8.18. The minimum absolute atomic E-state index is 0.00112. The number of thioether (sulfide) groups is 1. The second-order valence-electron chi connectivity index (χ2n) is 7.12. The van der Waals surface area contributed by atoms with Gasteiger partial charge in [0.25, 0.3) is 11.1 Å². The third-order valence-corrected chi connectivity index (χ3v) is 6.21. The number of nitrogens with zero attached hydrogens (tertiary/aromatic N) is 2. The first-order valence-electron chi connectivity index (χ1n) is 9.86. The zero-order valence-electron chi connectivity index (χ0n) is 17.1. The summed E-state index contributed by atoms with van der Waals surface area (Å²) in [6.45, 7) is 0.289. The van der Waals surface area contributed by atoms with Crippen LogP contribution in [0.3, 0.4) is 0 Å². The van der Waals surface area contributed by atoms with Crippen molar-refractivity contribution in [2.24, 2.45) is 0 Å². The minimum atomic E-state index is -0.501. The lowest BCUT2D eigenvalue weighted by Gasteiger charge is -2.36. The largest absolute Gasteiger partial charge is 0.497 e. The number of likely N-dealkylation sites (tertiary alicyclic amines) is 1. The molecule has 1 atom stereocenters. The van der Waals surface area contributed by atoms with Gasteiger partial charge in [-0.2, -0.15) is 0 Å². The summed E-state index contributed by atoms with van der Waals surface area (Å²) in [6.07, 6.45) is 4.78. The molecule has 8 nitrogen and oxygen atoms in total. The molecule has 2 aliphatic rings. The van der Waals surface area contributed by atoms with E-state index in [1.165, 1.54) is 14.2 Å². The molecule has 2 heterocycles. The van der Waals surface area contributed by atoms with Crippen LogP contribution in [0.15, 0.2) is 23.1 Å². The van der Waals surface area contributed by atoms with Gasteiger partial charge in [-0.15, -0.1) is 0 Å². The van der Waals surface area contributed by atoms with Crippen LogP contribution in [-0.4, -0.2) is 71.9 Å². The highest BCUT2D eigenvalue weighted by Crippen LogP contribution is 2.35. The number of benzene rings is 1. The molecule has 0 aliphatic carbocycles. The maximum absolute atomic E-state index is 12.8. The lowest BCUT2D eigenvalue weighted by Crippen LogP contribution is -2.49. The van der Waals surface area contributed by atoms with E-state index in [-0.39, 0.29) is 30.0 Å². The molecule has 1 aromatic rings. The van der Waals surface area contributed by atoms with Crippen molar-refractivity contribution in [2.45, 2.75) is 31.7 Å². The van der Waals surface area contributed by atoms with Crippen LogP contribution < -0.4 is 9.47 Å². The first-order valence-corrected chi connectivity index (χ1v) is 10.7. The second kappa shape index (κ2) is 9.99. The number of hydrogen-bond acceptors (Lipinski definition) is 7. The summed E-state index contributed by atoms with van der Waals surface area (Å²) >= 11 is 0.800. The summed E-state index contributed by atoms with van der Waals surface area (Å²) in [7, 11) is 3.06. The molecular formula is C21H26N2O6S. The number of rotatable bonds is 7. The molecule has 9 heteroatoms. The maximum Gasteiger partial charge on any atom is 0.294 e. The van der Waals surface area contributed by atoms with Gasteiger partial charge in [0, 0.05) is 24.8 Å². The number of ether oxygens (including phenoxy) is 2. The number of amides is 3. The monoisotopic (exact) mass is 434 g/mol. The van der Waals surface area contributed by atoms with E-state index < -0.39 is 11.1 Å². The van der Waals surface area contributed by atoms with Crippen LogP contribution in [0.5, 0.6) is 11.5 Å². The summed E-state index contributed by atoms with van der Waals surface area (Å²) in [6, 6.07) is 5.12. The topological polar surface area (TPSA) is 96.4 Å². The molecule has 1 N–H and O–H groups in total. The van der Waals surface area contributed by atoms with Crippen LogP contribution in [0.2, 0.25) is 0 Å². The molecule has 3 amide bonds. The van der Waals surface area contributed by atoms with Crippen molar-refractivity contribution < 1.29 is 29.0 Å². The second-order valence-corrected chi connectivity index (χ2v) is 8.12. The number of piperidine rings is 1. The quantitative estimate of drug-likeness (QED) is 0.659. The van der Waals surface area contributed by atoms with Gasteiger partial charge < -0.3 is 19.5 Å². The van der Waals surface area contributed by atoms with Crippen molar-refractivity contribution in [3.8, 4) is 11.5 Å². The molecule has 1 aromatic carbocycles. The van der Waals surface area contributed by atoms with Gasteiger partial charge in [-0.3, -0.25) is 19.3 Å². The van der Waals surface area contributed by atoms with Crippen molar-refractivity contribution in [3.63, 3.8) is 0 Å². The van der Waals surface area contributed by atoms with E-state index in [0.717, 1.165) is 35.9 Å². The number of carbonyl (C=O) groups excluding carboxylic acids is 3. The summed E-state index contributed by atoms with van der Waals surface area (Å²) in [5.41, 5.74) is 0.604. The number of methoxy groups -OCH3 is 2. The Hall–Kier alpha value is -2.52. The van der Waals surface area contributed by atoms with Crippen molar-refractivity contribution in [1.82, 2.24) is 9.80 Å². The van der Waals surface area contributed by atoms with Gasteiger partial charge in [0.1, 0.15) is 18.0 Å². The average Bonchev–Trinajstić information content (AvgIpc) is 3.01. The van der Waals surface area contributed by atoms with Crippen molar-refractivity contribution >= 4 is 34.9 Å². The van der Waals surface area contributed by atoms with Gasteiger partial charge in [0.05, 0.1) is 19.1 Å². The van der Waals surface area contributed by atoms with Crippen LogP contribution in [-0.2, 0) is 9.59 Å². The zero-order valence-corrected chi connectivity index (χ0v) is 17.9. The lowest BCUT2D eigenvalue weighted by atomic mass is 9.99. The standard InChI is InChI=1S/C21H26N2O6S/c1-28-16-6-7-17(29-2)14(11-16)12-18-20(26)23(21(27)30-18)13-19(25)22-9-4-3-5-15(22)8-10-24/h6-7,11-12,15,24H,3-5,8-10,13H2,1-2H3/b18-12-/t15-/m1/s1. The normalized spacial score (nSPS) is 20.8. The molecule has 2 aliphatic heterocycles. The van der Waals surface area contributed by atoms with Crippen LogP contribution >= 0.6 is 11.8 Å². The lowest BCUT2D eigenvalue weighted by molar-refractivity contribution is -0.139. The summed E-state index contributed by atoms with van der Waals surface area (Å²) < 4.78 is 10.5. The van der Waals surface area contributed by atoms with Crippen molar-refractivity contribution in [2.75, 3.05) is 33.9 Å². The van der Waals surface area contributed by atoms with Gasteiger partial charge in [0.15, 0.2) is 0 Å². The molecule has 0 spiro atoms. The highest BCUT2D eigenvalue weighted by Gasteiger charge is 2.38. The Morgan fingerprint density at radius 1 is 1.27 bits per heavy atom. The van der Waals surface area contributed by atoms with Gasteiger partial charge >= 0.3 is 0 Å². The van der Waals surface area contributed by atoms with E-state index in [1.54, 1.807) is 29.2 Å². The van der Waals surface area contributed by atoms with E-state index in [2.05, 4.69) is 0 Å². The molecule has 162 valence electrons. The van der Waals surface area contributed by atoms with Crippen LogP contribution in [0.25, 0.3) is 6.08 Å². The number of imide groups is 1. The first-order chi connectivity index (χ1) is 14.5. The molecule has 0 radical (unpaired) electrons. The van der Waals surface area contributed by atoms with Gasteiger partial charge in [-0.05, 0) is 61.7 Å². The Kier molecular flexibility index (Phi) is 7.38. The molecule has 2 fully saturated rings. The minimum Gasteiger partial charge on any atom is -0.497 e. The number of aliphatic hydroxyl groups is 1. The van der Waals surface area contributed by atoms with E-state index in [4.69, 9.17) is 9.47 Å². The van der Waals surface area contributed by atoms with Crippen molar-refractivity contribution in [3.05, 3.63) is 28.7 Å². The van der Waals surface area contributed by atoms with Crippen molar-refractivity contribution in [1.29, 1.82) is 0 Å². The number of aliphatic hydroxyl groups excluding tert-OH is 1. The third-order valence-electron chi connectivity index (χ3n) is 5.30. The van der Waals surface area contributed by atoms with Gasteiger partial charge in [0.2, 0.25) is 5.91 Å². The molecule has 0 bridgehead atoms. The molecule has 2 saturated heterocycles. The maximum atomic E-state index is 12.8. The van der Waals surface area contributed by atoms with Crippen LogP contribution in [0, 0.1) is 0 Å². The number of carbonyl (C=O) groups is 3. The third kappa shape index (κ3) is 4.79. The number of hydrogen-bond donors (Lipinski definition) is 1. The zero-order chi connectivity index (χ0) is 21.7. The van der Waals surface area contributed by atoms with E-state index in [9.17, 15) is 19.5 Å². The smallest absolute Gasteiger partial charge is 0.294 e. The summed E-state index contributed by atoms with van der Waals surface area (Å²) in [5.74, 6) is 0.366. The van der Waals surface area contributed by atoms with E-state index in [0.29, 0.717) is 30.0 Å². The van der Waals surface area contributed by atoms with E-state index >= 15 is 0 Å². The summed E-state index contributed by atoms with van der Waals surface area (Å²) in [5, 5.41) is 8.78. The van der Waals surface area contributed by atoms with Gasteiger partial charge in [-0.25, -0.2) is 0 Å². The predicted octanol–water partition coefficient (Wildman–Crippen LogP) is 2.50. The van der Waals surface area contributed by atoms with Gasteiger partial charge in [-0.1, -0.05) is 0 Å². The molecule has 0 unspecified atom stereocenters. The predicted molar refractivity (Wildman–Crippen MR) is 113 cm³/mol. The highest BCUT2D eigenvalue weighted by atomic mass is 32.2. The molecule has 0 saturated carbocycles. The Morgan fingerprint density at radius 3 is 2.77 bits per heavy atom. The van der Waals surface area contributed by atoms with Crippen LogP contribution in [0.1, 0.15) is 31.2 Å². The molecule has 3 rings (SSSR count). The average molecular weight is 435 g/mol. The first kappa shape index (κ1) is 22.2. The van der Waals surface area contributed by atoms with E-state index in [1.807, 2.05) is 0 Å². The van der Waals surface area contributed by atoms with Crippen LogP contribution in [0.4, 0.5) is 4.79 Å². The fourth-order valence-electron chi connectivity index (χ4n) is 3.73. The Balaban J connectivity index is 1.76. The Bertz CT molecular complexity index is 854.